The summed E-state index contributed by atoms with van der Waals surface area (Å²) in [6.45, 7) is 7.99. The van der Waals surface area contributed by atoms with Gasteiger partial charge in [0.05, 0.1) is 18.0 Å². The molecule has 1 aliphatic rings. The maximum absolute atomic E-state index is 5.39. The number of hydrogen-bond donors (Lipinski definition) is 1. The van der Waals surface area contributed by atoms with Gasteiger partial charge in [0.2, 0.25) is 0 Å². The summed E-state index contributed by atoms with van der Waals surface area (Å²) in [5, 5.41) is 5.71. The number of aryl methyl sites for hydroxylation is 2. The Balaban J connectivity index is 1.69. The second-order valence-corrected chi connectivity index (χ2v) is 5.84. The Bertz CT molecular complexity index is 540. The molecule has 0 bridgehead atoms. The molecule has 3 heterocycles. The molecule has 2 aromatic heterocycles. The number of thiazole rings is 1. The van der Waals surface area contributed by atoms with Crippen molar-refractivity contribution in [2.45, 2.75) is 26.8 Å². The van der Waals surface area contributed by atoms with Gasteiger partial charge in [0.1, 0.15) is 0 Å². The maximum atomic E-state index is 5.39. The molecule has 1 N–H and O–H groups in total. The maximum Gasteiger partial charge on any atom is 0.194 e. The first-order valence-corrected chi connectivity index (χ1v) is 7.34. The van der Waals surface area contributed by atoms with Crippen molar-refractivity contribution in [1.82, 2.24) is 14.7 Å². The van der Waals surface area contributed by atoms with E-state index in [1.807, 2.05) is 0 Å². The van der Waals surface area contributed by atoms with E-state index in [2.05, 4.69) is 33.9 Å². The van der Waals surface area contributed by atoms with Crippen LogP contribution in [0.3, 0.4) is 0 Å². The first-order valence-electron chi connectivity index (χ1n) is 6.46. The first kappa shape index (κ1) is 12.1. The van der Waals surface area contributed by atoms with Gasteiger partial charge >= 0.3 is 0 Å². The fourth-order valence-electron chi connectivity index (χ4n) is 2.51. The number of nitrogens with zero attached hydrogens (tertiary/aromatic N) is 2. The Morgan fingerprint density at radius 1 is 1.56 bits per heavy atom. The van der Waals surface area contributed by atoms with Crippen LogP contribution >= 0.6 is 11.3 Å². The lowest BCUT2D eigenvalue weighted by Crippen LogP contribution is -2.23. The van der Waals surface area contributed by atoms with Crippen LogP contribution in [0.15, 0.2) is 5.38 Å². The zero-order valence-electron chi connectivity index (χ0n) is 10.9. The zero-order chi connectivity index (χ0) is 12.5. The van der Waals surface area contributed by atoms with Crippen LogP contribution in [0, 0.1) is 19.8 Å². The Labute approximate surface area is 111 Å². The summed E-state index contributed by atoms with van der Waals surface area (Å²) >= 11 is 1.71. The molecule has 0 aliphatic carbocycles. The minimum Gasteiger partial charge on any atom is -0.381 e. The number of fused-ring (bicyclic) bond motifs is 1. The summed E-state index contributed by atoms with van der Waals surface area (Å²) < 4.78 is 7.65. The highest BCUT2D eigenvalue weighted by Gasteiger charge is 2.16. The molecule has 3 rings (SSSR count). The van der Waals surface area contributed by atoms with Crippen LogP contribution in [0.25, 0.3) is 4.96 Å². The molecular weight excluding hydrogens is 246 g/mol. The lowest BCUT2D eigenvalue weighted by Gasteiger charge is -2.09. The molecule has 2 aromatic rings. The number of aromatic nitrogens is 2. The Hall–Kier alpha value is -0.910. The van der Waals surface area contributed by atoms with Crippen LogP contribution in [0.5, 0.6) is 0 Å². The second-order valence-electron chi connectivity index (χ2n) is 5.00. The number of rotatable bonds is 4. The Kier molecular flexibility index (Phi) is 3.37. The van der Waals surface area contributed by atoms with Crippen LogP contribution in [0.4, 0.5) is 0 Å². The van der Waals surface area contributed by atoms with Crippen LogP contribution in [-0.4, -0.2) is 29.1 Å². The fourth-order valence-corrected chi connectivity index (χ4v) is 3.45. The topological polar surface area (TPSA) is 38.6 Å². The van der Waals surface area contributed by atoms with E-state index in [-0.39, 0.29) is 0 Å². The molecule has 0 aromatic carbocycles. The van der Waals surface area contributed by atoms with Crippen molar-refractivity contribution in [3.8, 4) is 0 Å². The SMILES string of the molecule is Cc1nc2scc(C)n2c1CNCC1CCOC1. The van der Waals surface area contributed by atoms with Gasteiger partial charge < -0.3 is 10.1 Å². The molecule has 0 amide bonds. The van der Waals surface area contributed by atoms with Crippen molar-refractivity contribution in [3.05, 3.63) is 22.5 Å². The van der Waals surface area contributed by atoms with Crippen molar-refractivity contribution in [2.24, 2.45) is 5.92 Å². The summed E-state index contributed by atoms with van der Waals surface area (Å²) in [7, 11) is 0. The standard InChI is InChI=1S/C13H19N3OS/c1-9-8-18-13-15-10(2)12(16(9)13)6-14-5-11-3-4-17-7-11/h8,11,14H,3-7H2,1-2H3. The highest BCUT2D eigenvalue weighted by molar-refractivity contribution is 7.15. The third-order valence-corrected chi connectivity index (χ3v) is 4.52. The predicted octanol–water partition coefficient (Wildman–Crippen LogP) is 2.14. The van der Waals surface area contributed by atoms with E-state index in [1.54, 1.807) is 11.3 Å². The number of hydrogen-bond acceptors (Lipinski definition) is 4. The van der Waals surface area contributed by atoms with Gasteiger partial charge in [0, 0.05) is 30.8 Å². The van der Waals surface area contributed by atoms with Crippen molar-refractivity contribution >= 4 is 16.3 Å². The van der Waals surface area contributed by atoms with Crippen LogP contribution < -0.4 is 5.32 Å². The summed E-state index contributed by atoms with van der Waals surface area (Å²) in [5.74, 6) is 0.678. The molecule has 0 radical (unpaired) electrons. The molecule has 1 unspecified atom stereocenters. The quantitative estimate of drug-likeness (QED) is 0.920. The minimum absolute atomic E-state index is 0.678. The zero-order valence-corrected chi connectivity index (χ0v) is 11.7. The molecule has 5 heteroatoms. The van der Waals surface area contributed by atoms with Gasteiger partial charge in [-0.15, -0.1) is 11.3 Å². The highest BCUT2D eigenvalue weighted by atomic mass is 32.1. The molecule has 1 aliphatic heterocycles. The molecule has 18 heavy (non-hydrogen) atoms. The van der Waals surface area contributed by atoms with E-state index in [9.17, 15) is 0 Å². The van der Waals surface area contributed by atoms with E-state index in [0.29, 0.717) is 5.92 Å². The molecule has 0 spiro atoms. The van der Waals surface area contributed by atoms with Crippen LogP contribution in [0.2, 0.25) is 0 Å². The molecule has 98 valence electrons. The second kappa shape index (κ2) is 4.99. The van der Waals surface area contributed by atoms with Crippen molar-refractivity contribution < 1.29 is 4.74 Å². The van der Waals surface area contributed by atoms with E-state index in [4.69, 9.17) is 4.74 Å². The fraction of sp³-hybridized carbons (Fsp3) is 0.615. The lowest BCUT2D eigenvalue weighted by molar-refractivity contribution is 0.185. The molecule has 1 fully saturated rings. The summed E-state index contributed by atoms with van der Waals surface area (Å²) in [6.07, 6.45) is 1.19. The summed E-state index contributed by atoms with van der Waals surface area (Å²) in [5.41, 5.74) is 3.71. The van der Waals surface area contributed by atoms with Gasteiger partial charge in [-0.1, -0.05) is 0 Å². The van der Waals surface area contributed by atoms with E-state index in [1.165, 1.54) is 17.8 Å². The van der Waals surface area contributed by atoms with E-state index < -0.39 is 0 Å². The molecule has 4 nitrogen and oxygen atoms in total. The van der Waals surface area contributed by atoms with Gasteiger partial charge in [-0.25, -0.2) is 4.98 Å². The average molecular weight is 265 g/mol. The van der Waals surface area contributed by atoms with E-state index >= 15 is 0 Å². The number of imidazole rings is 1. The normalized spacial score (nSPS) is 20.0. The Morgan fingerprint density at radius 2 is 2.44 bits per heavy atom. The predicted molar refractivity (Wildman–Crippen MR) is 73.2 cm³/mol. The van der Waals surface area contributed by atoms with Gasteiger partial charge in [0.25, 0.3) is 0 Å². The van der Waals surface area contributed by atoms with Gasteiger partial charge in [0.15, 0.2) is 4.96 Å². The average Bonchev–Trinajstić information content (AvgIpc) is 3.02. The van der Waals surface area contributed by atoms with Crippen LogP contribution in [-0.2, 0) is 11.3 Å². The van der Waals surface area contributed by atoms with Crippen molar-refractivity contribution in [3.63, 3.8) is 0 Å². The smallest absolute Gasteiger partial charge is 0.194 e. The Morgan fingerprint density at radius 3 is 3.22 bits per heavy atom. The van der Waals surface area contributed by atoms with Crippen molar-refractivity contribution in [2.75, 3.05) is 19.8 Å². The molecular formula is C13H19N3OS. The molecule has 1 saturated heterocycles. The molecule has 0 saturated carbocycles. The minimum atomic E-state index is 0.678. The highest BCUT2D eigenvalue weighted by Crippen LogP contribution is 2.20. The summed E-state index contributed by atoms with van der Waals surface area (Å²) in [6, 6.07) is 0. The third-order valence-electron chi connectivity index (χ3n) is 3.58. The first-order chi connectivity index (χ1) is 8.75. The van der Waals surface area contributed by atoms with Crippen molar-refractivity contribution in [1.29, 1.82) is 0 Å². The largest absolute Gasteiger partial charge is 0.381 e. The van der Waals surface area contributed by atoms with Gasteiger partial charge in [-0.2, -0.15) is 0 Å². The van der Waals surface area contributed by atoms with Gasteiger partial charge in [-0.05, 0) is 26.2 Å². The van der Waals surface area contributed by atoms with E-state index in [0.717, 1.165) is 37.0 Å². The van der Waals surface area contributed by atoms with Gasteiger partial charge in [-0.3, -0.25) is 4.40 Å². The number of nitrogens with one attached hydrogen (secondary N) is 1. The monoisotopic (exact) mass is 265 g/mol. The lowest BCUT2D eigenvalue weighted by atomic mass is 10.1. The van der Waals surface area contributed by atoms with Crippen LogP contribution in [0.1, 0.15) is 23.5 Å². The molecule has 1 atom stereocenters. The third kappa shape index (κ3) is 2.18. The number of ether oxygens (including phenoxy) is 1. The summed E-state index contributed by atoms with van der Waals surface area (Å²) in [4.78, 5) is 5.70.